The van der Waals surface area contributed by atoms with E-state index >= 15 is 0 Å². The second-order valence-electron chi connectivity index (χ2n) is 4.32. The molecule has 1 rings (SSSR count). The van der Waals surface area contributed by atoms with E-state index in [4.69, 9.17) is 14.6 Å². The van der Waals surface area contributed by atoms with E-state index in [1.807, 2.05) is 6.92 Å². The fourth-order valence-corrected chi connectivity index (χ4v) is 1.71. The number of unbranched alkanes of at least 4 members (excludes halogenated alkanes) is 3. The molecule has 0 bridgehead atoms. The van der Waals surface area contributed by atoms with Crippen LogP contribution in [0.25, 0.3) is 0 Å². The van der Waals surface area contributed by atoms with Crippen molar-refractivity contribution in [2.75, 3.05) is 13.2 Å². The van der Waals surface area contributed by atoms with Gasteiger partial charge < -0.3 is 19.9 Å². The molecule has 3 N–H and O–H groups in total. The largest absolute Gasteiger partial charge is 0.475 e. The molecule has 1 heterocycles. The Morgan fingerprint density at radius 3 is 2.67 bits per heavy atom. The van der Waals surface area contributed by atoms with E-state index in [0.717, 1.165) is 32.2 Å². The highest BCUT2D eigenvalue weighted by molar-refractivity contribution is 5.84. The topological polar surface area (TPSA) is 82.7 Å². The summed E-state index contributed by atoms with van der Waals surface area (Å²) in [4.78, 5) is 10.7. The number of carbonyl (C=O) groups is 1. The lowest BCUT2D eigenvalue weighted by Crippen LogP contribution is -2.19. The molecule has 5 heteroatoms. The first-order valence-corrected chi connectivity index (χ1v) is 6.32. The highest BCUT2D eigenvalue weighted by Gasteiger charge is 2.13. The van der Waals surface area contributed by atoms with E-state index in [-0.39, 0.29) is 18.4 Å². The van der Waals surface area contributed by atoms with Crippen molar-refractivity contribution in [2.45, 2.75) is 38.6 Å². The van der Waals surface area contributed by atoms with Crippen LogP contribution >= 0.6 is 0 Å². The second-order valence-corrected chi connectivity index (χ2v) is 4.32. The number of hydrogen-bond donors (Lipinski definition) is 3. The third-order valence-corrected chi connectivity index (χ3v) is 2.80. The summed E-state index contributed by atoms with van der Waals surface area (Å²) >= 11 is 0. The molecule has 0 saturated carbocycles. The number of aromatic carboxylic acids is 1. The number of rotatable bonds is 9. The Balaban J connectivity index is 2.23. The fraction of sp³-hybridized carbons (Fsp3) is 0.615. The lowest BCUT2D eigenvalue weighted by molar-refractivity contribution is 0.0659. The van der Waals surface area contributed by atoms with Gasteiger partial charge in [0.1, 0.15) is 5.76 Å². The van der Waals surface area contributed by atoms with Crippen molar-refractivity contribution < 1.29 is 19.4 Å². The van der Waals surface area contributed by atoms with Crippen LogP contribution in [-0.4, -0.2) is 29.3 Å². The molecule has 1 aromatic heterocycles. The first-order valence-electron chi connectivity index (χ1n) is 6.32. The van der Waals surface area contributed by atoms with Gasteiger partial charge in [-0.05, 0) is 38.4 Å². The summed E-state index contributed by atoms with van der Waals surface area (Å²) in [5.74, 6) is -0.429. The maximum atomic E-state index is 10.7. The number of carboxylic acid groups (broad SMARTS) is 1. The molecule has 0 amide bonds. The molecule has 0 radical (unpaired) electrons. The van der Waals surface area contributed by atoms with Gasteiger partial charge in [0.2, 0.25) is 5.76 Å². The summed E-state index contributed by atoms with van der Waals surface area (Å²) in [6.45, 7) is 3.06. The van der Waals surface area contributed by atoms with Crippen LogP contribution in [0.15, 0.2) is 16.5 Å². The van der Waals surface area contributed by atoms with Gasteiger partial charge in [0.25, 0.3) is 0 Å². The van der Waals surface area contributed by atoms with Crippen LogP contribution in [0.5, 0.6) is 0 Å². The molecular formula is C13H21NO4. The Labute approximate surface area is 107 Å². The monoisotopic (exact) mass is 255 g/mol. The zero-order valence-electron chi connectivity index (χ0n) is 10.7. The van der Waals surface area contributed by atoms with E-state index in [1.54, 1.807) is 6.07 Å². The quantitative estimate of drug-likeness (QED) is 0.589. The Hall–Kier alpha value is -1.33. The van der Waals surface area contributed by atoms with Crippen molar-refractivity contribution in [3.05, 3.63) is 23.7 Å². The first kappa shape index (κ1) is 14.7. The van der Waals surface area contributed by atoms with Crippen LogP contribution in [0, 0.1) is 0 Å². The van der Waals surface area contributed by atoms with Crippen molar-refractivity contribution in [3.63, 3.8) is 0 Å². The third kappa shape index (κ3) is 4.89. The minimum absolute atomic E-state index is 0.0101. The van der Waals surface area contributed by atoms with Gasteiger partial charge in [-0.3, -0.25) is 0 Å². The second kappa shape index (κ2) is 7.89. The molecule has 0 aliphatic heterocycles. The smallest absolute Gasteiger partial charge is 0.371 e. The standard InChI is InChI=1S/C13H21NO4/c1-10(14-8-4-2-3-5-9-15)11-6-7-12(18-11)13(16)17/h6-7,10,14-15H,2-5,8-9H2,1H3,(H,16,17). The van der Waals surface area contributed by atoms with Crippen molar-refractivity contribution in [3.8, 4) is 0 Å². The van der Waals surface area contributed by atoms with Crippen LogP contribution in [0.2, 0.25) is 0 Å². The van der Waals surface area contributed by atoms with Gasteiger partial charge in [-0.25, -0.2) is 4.79 Å². The molecule has 0 spiro atoms. The average molecular weight is 255 g/mol. The Bertz CT molecular complexity index is 362. The summed E-state index contributed by atoms with van der Waals surface area (Å²) in [7, 11) is 0. The zero-order valence-corrected chi connectivity index (χ0v) is 10.7. The normalized spacial score (nSPS) is 12.6. The maximum Gasteiger partial charge on any atom is 0.371 e. The molecule has 0 aromatic carbocycles. The number of aliphatic hydroxyl groups is 1. The molecular weight excluding hydrogens is 234 g/mol. The van der Waals surface area contributed by atoms with Gasteiger partial charge in [-0.15, -0.1) is 0 Å². The van der Waals surface area contributed by atoms with Crippen LogP contribution in [0.1, 0.15) is 55.0 Å². The zero-order chi connectivity index (χ0) is 13.4. The minimum Gasteiger partial charge on any atom is -0.475 e. The highest BCUT2D eigenvalue weighted by Crippen LogP contribution is 2.16. The maximum absolute atomic E-state index is 10.7. The molecule has 1 atom stereocenters. The van der Waals surface area contributed by atoms with Crippen molar-refractivity contribution in [1.82, 2.24) is 5.32 Å². The number of furan rings is 1. The highest BCUT2D eigenvalue weighted by atomic mass is 16.4. The molecule has 102 valence electrons. The Kier molecular flexibility index (Phi) is 6.46. The lowest BCUT2D eigenvalue weighted by Gasteiger charge is -2.10. The molecule has 0 saturated heterocycles. The van der Waals surface area contributed by atoms with Gasteiger partial charge in [-0.1, -0.05) is 12.8 Å². The van der Waals surface area contributed by atoms with Gasteiger partial charge in [0.15, 0.2) is 0 Å². The van der Waals surface area contributed by atoms with E-state index < -0.39 is 5.97 Å². The average Bonchev–Trinajstić information content (AvgIpc) is 2.83. The van der Waals surface area contributed by atoms with E-state index in [9.17, 15) is 4.79 Å². The van der Waals surface area contributed by atoms with Crippen LogP contribution in [0.4, 0.5) is 0 Å². The summed E-state index contributed by atoms with van der Waals surface area (Å²) in [6, 6.07) is 3.17. The van der Waals surface area contributed by atoms with E-state index in [0.29, 0.717) is 5.76 Å². The molecule has 1 aromatic rings. The van der Waals surface area contributed by atoms with Crippen molar-refractivity contribution >= 4 is 5.97 Å². The molecule has 0 aliphatic rings. The van der Waals surface area contributed by atoms with E-state index in [2.05, 4.69) is 5.32 Å². The molecule has 0 aliphatic carbocycles. The summed E-state index contributed by atoms with van der Waals surface area (Å²) < 4.78 is 5.21. The van der Waals surface area contributed by atoms with E-state index in [1.165, 1.54) is 6.07 Å². The number of hydrogen-bond acceptors (Lipinski definition) is 4. The van der Waals surface area contributed by atoms with Gasteiger partial charge >= 0.3 is 5.97 Å². The SMILES string of the molecule is CC(NCCCCCCO)c1ccc(C(=O)O)o1. The number of carboxylic acids is 1. The predicted molar refractivity (Wildman–Crippen MR) is 67.6 cm³/mol. The number of aliphatic hydroxyl groups excluding tert-OH is 1. The van der Waals surface area contributed by atoms with Gasteiger partial charge in [0.05, 0.1) is 6.04 Å². The van der Waals surface area contributed by atoms with Crippen LogP contribution in [0.3, 0.4) is 0 Å². The van der Waals surface area contributed by atoms with Crippen molar-refractivity contribution in [2.24, 2.45) is 0 Å². The summed E-state index contributed by atoms with van der Waals surface area (Å²) in [6.07, 6.45) is 4.02. The molecule has 0 fully saturated rings. The molecule has 18 heavy (non-hydrogen) atoms. The molecule has 1 unspecified atom stereocenters. The number of nitrogens with one attached hydrogen (secondary N) is 1. The predicted octanol–water partition coefficient (Wildman–Crippen LogP) is 2.18. The molecule has 5 nitrogen and oxygen atoms in total. The van der Waals surface area contributed by atoms with Crippen LogP contribution in [-0.2, 0) is 0 Å². The summed E-state index contributed by atoms with van der Waals surface area (Å²) in [5, 5.41) is 20.7. The Morgan fingerprint density at radius 2 is 2.06 bits per heavy atom. The third-order valence-electron chi connectivity index (χ3n) is 2.80. The fourth-order valence-electron chi connectivity index (χ4n) is 1.71. The first-order chi connectivity index (χ1) is 8.65. The van der Waals surface area contributed by atoms with Gasteiger partial charge in [-0.2, -0.15) is 0 Å². The van der Waals surface area contributed by atoms with Crippen molar-refractivity contribution in [1.29, 1.82) is 0 Å². The minimum atomic E-state index is -1.04. The lowest BCUT2D eigenvalue weighted by atomic mass is 10.2. The van der Waals surface area contributed by atoms with Crippen LogP contribution < -0.4 is 5.32 Å². The van der Waals surface area contributed by atoms with Gasteiger partial charge in [0, 0.05) is 6.61 Å². The summed E-state index contributed by atoms with van der Waals surface area (Å²) in [5.41, 5.74) is 0. The Morgan fingerprint density at radius 1 is 1.33 bits per heavy atom.